The second kappa shape index (κ2) is 6.62. The number of aliphatic hydroxyl groups is 1. The van der Waals surface area contributed by atoms with Gasteiger partial charge in [0.25, 0.3) is 0 Å². The first kappa shape index (κ1) is 14.0. The number of rotatable bonds is 6. The molecule has 0 fully saturated rings. The van der Waals surface area contributed by atoms with Gasteiger partial charge in [-0.05, 0) is 55.3 Å². The minimum absolute atomic E-state index is 0.143. The lowest BCUT2D eigenvalue weighted by Crippen LogP contribution is -2.20. The minimum atomic E-state index is 0.143. The van der Waals surface area contributed by atoms with Crippen LogP contribution in [0.4, 0.5) is 0 Å². The van der Waals surface area contributed by atoms with Gasteiger partial charge < -0.3 is 15.9 Å². The van der Waals surface area contributed by atoms with E-state index in [1.165, 1.54) is 5.56 Å². The summed E-state index contributed by atoms with van der Waals surface area (Å²) in [6, 6.07) is 5.72. The molecule has 0 saturated carbocycles. The van der Waals surface area contributed by atoms with Gasteiger partial charge in [-0.25, -0.2) is 0 Å². The normalized spacial score (nSPS) is 14.6. The molecular formula is C14H23NO2. The number of hydrogen-bond donors (Lipinski definition) is 3. The summed E-state index contributed by atoms with van der Waals surface area (Å²) in [5.74, 6) is 0.894. The van der Waals surface area contributed by atoms with Crippen molar-refractivity contribution in [3.63, 3.8) is 0 Å². The topological polar surface area (TPSA) is 66.5 Å². The molecule has 2 unspecified atom stereocenters. The van der Waals surface area contributed by atoms with Crippen LogP contribution in [0.5, 0.6) is 5.75 Å². The Morgan fingerprint density at radius 3 is 2.53 bits per heavy atom. The Morgan fingerprint density at radius 2 is 2.06 bits per heavy atom. The summed E-state index contributed by atoms with van der Waals surface area (Å²) in [6.45, 7) is 4.70. The van der Waals surface area contributed by atoms with E-state index < -0.39 is 0 Å². The van der Waals surface area contributed by atoms with E-state index in [1.54, 1.807) is 6.07 Å². The van der Waals surface area contributed by atoms with Gasteiger partial charge in [0.1, 0.15) is 5.75 Å². The largest absolute Gasteiger partial charge is 0.508 e. The van der Waals surface area contributed by atoms with Crippen LogP contribution in [-0.2, 0) is 0 Å². The van der Waals surface area contributed by atoms with Gasteiger partial charge >= 0.3 is 0 Å². The monoisotopic (exact) mass is 237 g/mol. The molecule has 0 radical (unpaired) electrons. The van der Waals surface area contributed by atoms with E-state index in [-0.39, 0.29) is 12.5 Å². The van der Waals surface area contributed by atoms with Gasteiger partial charge in [0.05, 0.1) is 0 Å². The van der Waals surface area contributed by atoms with Crippen LogP contribution in [0.3, 0.4) is 0 Å². The van der Waals surface area contributed by atoms with E-state index in [9.17, 15) is 10.2 Å². The first-order valence-electron chi connectivity index (χ1n) is 6.22. The standard InChI is InChI=1S/C14H23NO2/c1-3-12(7-11(8-15)9-16)13-4-5-14(17)10(2)6-13/h4-6,11-12,16-17H,3,7-9,15H2,1-2H3. The van der Waals surface area contributed by atoms with Crippen molar-refractivity contribution in [3.8, 4) is 5.75 Å². The Bertz CT molecular complexity index is 348. The van der Waals surface area contributed by atoms with Crippen molar-refractivity contribution in [1.82, 2.24) is 0 Å². The molecule has 0 aliphatic heterocycles. The highest BCUT2D eigenvalue weighted by atomic mass is 16.3. The van der Waals surface area contributed by atoms with Crippen LogP contribution in [-0.4, -0.2) is 23.4 Å². The van der Waals surface area contributed by atoms with Crippen molar-refractivity contribution in [2.75, 3.05) is 13.2 Å². The molecule has 1 aromatic rings. The van der Waals surface area contributed by atoms with E-state index >= 15 is 0 Å². The first-order valence-corrected chi connectivity index (χ1v) is 6.22. The first-order chi connectivity index (χ1) is 8.12. The van der Waals surface area contributed by atoms with E-state index in [1.807, 2.05) is 19.1 Å². The minimum Gasteiger partial charge on any atom is -0.508 e. The third-order valence-corrected chi connectivity index (χ3v) is 3.39. The predicted octanol–water partition coefficient (Wildman–Crippen LogP) is 2.15. The Balaban J connectivity index is 2.82. The number of aliphatic hydroxyl groups excluding tert-OH is 1. The molecule has 3 nitrogen and oxygen atoms in total. The number of benzene rings is 1. The van der Waals surface area contributed by atoms with Gasteiger partial charge in [-0.15, -0.1) is 0 Å². The van der Waals surface area contributed by atoms with Crippen molar-refractivity contribution < 1.29 is 10.2 Å². The number of phenolic OH excluding ortho intramolecular Hbond substituents is 1. The highest BCUT2D eigenvalue weighted by Gasteiger charge is 2.16. The summed E-state index contributed by atoms with van der Waals surface area (Å²) >= 11 is 0. The fourth-order valence-corrected chi connectivity index (χ4v) is 2.12. The highest BCUT2D eigenvalue weighted by molar-refractivity contribution is 5.36. The van der Waals surface area contributed by atoms with Crippen LogP contribution >= 0.6 is 0 Å². The Morgan fingerprint density at radius 1 is 1.35 bits per heavy atom. The van der Waals surface area contributed by atoms with Crippen LogP contribution in [0, 0.1) is 12.8 Å². The molecule has 0 heterocycles. The summed E-state index contributed by atoms with van der Waals surface area (Å²) in [5.41, 5.74) is 7.73. The van der Waals surface area contributed by atoms with Gasteiger partial charge in [0.2, 0.25) is 0 Å². The summed E-state index contributed by atoms with van der Waals surface area (Å²) in [4.78, 5) is 0. The fraction of sp³-hybridized carbons (Fsp3) is 0.571. The van der Waals surface area contributed by atoms with E-state index in [4.69, 9.17) is 5.73 Å². The van der Waals surface area contributed by atoms with Crippen LogP contribution in [0.2, 0.25) is 0 Å². The summed E-state index contributed by atoms with van der Waals surface area (Å²) in [5, 5.41) is 18.7. The Hall–Kier alpha value is -1.06. The van der Waals surface area contributed by atoms with Crippen molar-refractivity contribution in [2.45, 2.75) is 32.6 Å². The zero-order valence-electron chi connectivity index (χ0n) is 10.7. The summed E-state index contributed by atoms with van der Waals surface area (Å²) in [6.07, 6.45) is 1.91. The second-order valence-electron chi connectivity index (χ2n) is 4.67. The Kier molecular flexibility index (Phi) is 5.45. The van der Waals surface area contributed by atoms with Crippen LogP contribution in [0.15, 0.2) is 18.2 Å². The van der Waals surface area contributed by atoms with E-state index in [0.717, 1.165) is 18.4 Å². The van der Waals surface area contributed by atoms with Crippen molar-refractivity contribution in [1.29, 1.82) is 0 Å². The zero-order chi connectivity index (χ0) is 12.8. The number of nitrogens with two attached hydrogens (primary N) is 1. The third kappa shape index (κ3) is 3.72. The number of aryl methyl sites for hydroxylation is 1. The molecule has 0 aliphatic carbocycles. The molecule has 96 valence electrons. The SMILES string of the molecule is CCC(CC(CN)CO)c1ccc(O)c(C)c1. The highest BCUT2D eigenvalue weighted by Crippen LogP contribution is 2.29. The van der Waals surface area contributed by atoms with Gasteiger partial charge in [-0.2, -0.15) is 0 Å². The van der Waals surface area contributed by atoms with Gasteiger partial charge in [-0.1, -0.05) is 19.1 Å². The molecule has 17 heavy (non-hydrogen) atoms. The van der Waals surface area contributed by atoms with E-state index in [0.29, 0.717) is 18.2 Å². The lowest BCUT2D eigenvalue weighted by atomic mass is 9.86. The number of aromatic hydroxyl groups is 1. The third-order valence-electron chi connectivity index (χ3n) is 3.39. The molecule has 2 atom stereocenters. The molecule has 0 amide bonds. The maximum Gasteiger partial charge on any atom is 0.118 e. The molecule has 0 saturated heterocycles. The van der Waals surface area contributed by atoms with Gasteiger partial charge in [-0.3, -0.25) is 0 Å². The van der Waals surface area contributed by atoms with Crippen molar-refractivity contribution in [3.05, 3.63) is 29.3 Å². The second-order valence-corrected chi connectivity index (χ2v) is 4.67. The Labute approximate surface area is 103 Å². The molecule has 1 aromatic carbocycles. The lowest BCUT2D eigenvalue weighted by Gasteiger charge is -2.21. The van der Waals surface area contributed by atoms with Gasteiger partial charge in [0.15, 0.2) is 0 Å². The molecule has 1 rings (SSSR count). The predicted molar refractivity (Wildman–Crippen MR) is 70.1 cm³/mol. The summed E-state index contributed by atoms with van der Waals surface area (Å²) < 4.78 is 0. The molecular weight excluding hydrogens is 214 g/mol. The lowest BCUT2D eigenvalue weighted by molar-refractivity contribution is 0.214. The van der Waals surface area contributed by atoms with Crippen LogP contribution < -0.4 is 5.73 Å². The molecule has 0 bridgehead atoms. The number of phenols is 1. The smallest absolute Gasteiger partial charge is 0.118 e. The number of hydrogen-bond acceptors (Lipinski definition) is 3. The maximum atomic E-state index is 9.51. The zero-order valence-corrected chi connectivity index (χ0v) is 10.7. The average molecular weight is 237 g/mol. The van der Waals surface area contributed by atoms with Crippen molar-refractivity contribution >= 4 is 0 Å². The van der Waals surface area contributed by atoms with E-state index in [2.05, 4.69) is 6.92 Å². The fourth-order valence-electron chi connectivity index (χ4n) is 2.12. The van der Waals surface area contributed by atoms with Crippen LogP contribution in [0.1, 0.15) is 36.8 Å². The van der Waals surface area contributed by atoms with Crippen molar-refractivity contribution in [2.24, 2.45) is 11.7 Å². The summed E-state index contributed by atoms with van der Waals surface area (Å²) in [7, 11) is 0. The molecule has 0 aliphatic rings. The quantitative estimate of drug-likeness (QED) is 0.710. The molecule has 0 spiro atoms. The molecule has 4 N–H and O–H groups in total. The molecule has 3 heteroatoms. The van der Waals surface area contributed by atoms with Gasteiger partial charge in [0, 0.05) is 6.61 Å². The van der Waals surface area contributed by atoms with Crippen LogP contribution in [0.25, 0.3) is 0 Å². The average Bonchev–Trinajstić information content (AvgIpc) is 2.35. The maximum absolute atomic E-state index is 9.51. The molecule has 0 aromatic heterocycles.